The molecule has 17 heteroatoms. The molecule has 0 saturated carbocycles. The van der Waals surface area contributed by atoms with Gasteiger partial charge in [0.25, 0.3) is 11.8 Å². The van der Waals surface area contributed by atoms with Crippen molar-refractivity contribution < 1.29 is 52.5 Å². The zero-order chi connectivity index (χ0) is 41.7. The Labute approximate surface area is 337 Å². The van der Waals surface area contributed by atoms with Crippen LogP contribution in [0.5, 0.6) is 0 Å². The van der Waals surface area contributed by atoms with E-state index in [0.717, 1.165) is 34.2 Å². The monoisotopic (exact) mass is 804 g/mol. The molecule has 0 radical (unpaired) electrons. The van der Waals surface area contributed by atoms with Crippen molar-refractivity contribution in [2.45, 2.75) is 63.8 Å². The van der Waals surface area contributed by atoms with Crippen molar-refractivity contribution in [1.82, 2.24) is 26.8 Å². The van der Waals surface area contributed by atoms with Crippen molar-refractivity contribution in [3.63, 3.8) is 0 Å². The minimum Gasteiger partial charge on any atom is -0.449 e. The molecular weight excluding hydrogens is 752 g/mol. The van der Waals surface area contributed by atoms with E-state index < -0.39 is 67.0 Å². The summed E-state index contributed by atoms with van der Waals surface area (Å²) in [4.78, 5) is 75.8. The highest BCUT2D eigenvalue weighted by Gasteiger charge is 2.32. The van der Waals surface area contributed by atoms with Crippen LogP contribution in [0, 0.1) is 0 Å². The summed E-state index contributed by atoms with van der Waals surface area (Å²) in [7, 11) is 0. The molecule has 7 N–H and O–H groups in total. The molecule has 4 rings (SSSR count). The van der Waals surface area contributed by atoms with Gasteiger partial charge in [-0.25, -0.2) is 9.59 Å². The summed E-state index contributed by atoms with van der Waals surface area (Å²) in [5.74, 6) is -3.60. The number of amides is 6. The molecule has 0 aliphatic heterocycles. The first-order valence-electron chi connectivity index (χ1n) is 19.1. The fraction of sp³-hybridized carbons (Fsp3) is 0.415. The highest BCUT2D eigenvalue weighted by Crippen LogP contribution is 2.44. The van der Waals surface area contributed by atoms with Crippen molar-refractivity contribution in [1.29, 1.82) is 0 Å². The van der Waals surface area contributed by atoms with E-state index in [1.807, 2.05) is 85.8 Å². The molecule has 3 aromatic rings. The van der Waals surface area contributed by atoms with Gasteiger partial charge >= 0.3 is 12.2 Å². The quantitative estimate of drug-likeness (QED) is 0.0602. The number of hydrogen-bond donors (Lipinski definition) is 6. The predicted molar refractivity (Wildman–Crippen MR) is 211 cm³/mol. The Morgan fingerprint density at radius 2 is 1.36 bits per heavy atom. The van der Waals surface area contributed by atoms with Crippen LogP contribution in [0.4, 0.5) is 9.59 Å². The van der Waals surface area contributed by atoms with Crippen LogP contribution in [0.1, 0.15) is 55.7 Å². The first kappa shape index (κ1) is 44.7. The summed E-state index contributed by atoms with van der Waals surface area (Å²) >= 11 is 0. The normalized spacial score (nSPS) is 13.1. The first-order valence-corrected chi connectivity index (χ1v) is 19.1. The average molecular weight is 805 g/mol. The molecule has 0 aromatic heterocycles. The fourth-order valence-electron chi connectivity index (χ4n) is 5.99. The minimum atomic E-state index is -1.50. The summed E-state index contributed by atoms with van der Waals surface area (Å²) in [6.45, 7) is 4.08. The number of carbonyl (C=O) groups is 6. The number of primary amides is 1. The van der Waals surface area contributed by atoms with Gasteiger partial charge < -0.3 is 45.4 Å². The Hall–Kier alpha value is -6.04. The number of hydrazine groups is 1. The van der Waals surface area contributed by atoms with Crippen molar-refractivity contribution in [3.8, 4) is 11.1 Å². The van der Waals surface area contributed by atoms with Gasteiger partial charge in [0.15, 0.2) is 0 Å². The number of hydrogen-bond acceptors (Lipinski definition) is 11. The standard InChI is InChI=1S/C41H52N6O11/c1-3-4-19-56-27(2)37(45-36(49)26-55-22-21-54-20-18-43-40(52)57-24-28-12-6-5-7-13-28)39(51)47-46-38(50)34(23-35(42)48)44-41(53)58-25-33-31-16-10-8-14-29(31)30-15-9-11-17-32(30)33/h5-17,27,33-34,37H,3-4,18-26H2,1-2H3,(H2,42,48)(H,43,52)(H,44,53)(H,45,49)(H,46,50)(H,47,51)/t27?,34-,37-/m1/s1. The Balaban J connectivity index is 1.20. The van der Waals surface area contributed by atoms with Gasteiger partial charge in [0.2, 0.25) is 11.8 Å². The van der Waals surface area contributed by atoms with Gasteiger partial charge in [-0.2, -0.15) is 0 Å². The van der Waals surface area contributed by atoms with Crippen LogP contribution in [0.15, 0.2) is 78.9 Å². The second-order valence-corrected chi connectivity index (χ2v) is 13.3. The van der Waals surface area contributed by atoms with E-state index in [9.17, 15) is 28.8 Å². The molecule has 1 unspecified atom stereocenters. The van der Waals surface area contributed by atoms with Crippen LogP contribution in [-0.4, -0.2) is 100 Å². The van der Waals surface area contributed by atoms with E-state index in [1.165, 1.54) is 0 Å². The molecule has 0 spiro atoms. The van der Waals surface area contributed by atoms with E-state index in [2.05, 4.69) is 26.8 Å². The smallest absolute Gasteiger partial charge is 0.407 e. The lowest BCUT2D eigenvalue weighted by atomic mass is 9.98. The summed E-state index contributed by atoms with van der Waals surface area (Å²) in [6.07, 6.45) is -1.45. The Kier molecular flexibility index (Phi) is 18.4. The maximum atomic E-state index is 13.3. The Bertz CT molecular complexity index is 1780. The SMILES string of the molecule is CCCCOC(C)[C@@H](NC(=O)COCCOCCNC(=O)OCc1ccccc1)C(=O)NNC(=O)[C@@H](CC(N)=O)NC(=O)OCC1c2ccccc2-c2ccccc21. The molecule has 0 heterocycles. The number of ether oxygens (including phenoxy) is 5. The van der Waals surface area contributed by atoms with E-state index in [0.29, 0.717) is 13.0 Å². The third kappa shape index (κ3) is 14.5. The maximum absolute atomic E-state index is 13.3. The molecule has 312 valence electrons. The van der Waals surface area contributed by atoms with E-state index >= 15 is 0 Å². The Morgan fingerprint density at radius 1 is 0.724 bits per heavy atom. The van der Waals surface area contributed by atoms with Crippen molar-refractivity contribution in [3.05, 3.63) is 95.6 Å². The minimum absolute atomic E-state index is 0.0407. The molecule has 0 bridgehead atoms. The topological polar surface area (TPSA) is 235 Å². The summed E-state index contributed by atoms with van der Waals surface area (Å²) < 4.78 is 27.2. The van der Waals surface area contributed by atoms with Gasteiger partial charge in [0, 0.05) is 19.1 Å². The molecular formula is C41H52N6O11. The number of unbranched alkanes of at least 4 members (excludes halogenated alkanes) is 1. The van der Waals surface area contributed by atoms with Crippen LogP contribution >= 0.6 is 0 Å². The van der Waals surface area contributed by atoms with Crippen LogP contribution in [0.3, 0.4) is 0 Å². The number of benzene rings is 3. The molecule has 0 saturated heterocycles. The zero-order valence-electron chi connectivity index (χ0n) is 32.7. The van der Waals surface area contributed by atoms with Gasteiger partial charge in [0.05, 0.1) is 32.3 Å². The average Bonchev–Trinajstić information content (AvgIpc) is 3.54. The lowest BCUT2D eigenvalue weighted by Crippen LogP contribution is -2.59. The lowest BCUT2D eigenvalue weighted by molar-refractivity contribution is -0.137. The van der Waals surface area contributed by atoms with Gasteiger partial charge in [0.1, 0.15) is 31.9 Å². The highest BCUT2D eigenvalue weighted by molar-refractivity contribution is 5.93. The third-order valence-corrected chi connectivity index (χ3v) is 8.95. The second kappa shape index (κ2) is 23.9. The van der Waals surface area contributed by atoms with E-state index in [4.69, 9.17) is 29.4 Å². The molecule has 58 heavy (non-hydrogen) atoms. The summed E-state index contributed by atoms with van der Waals surface area (Å²) in [6, 6.07) is 22.0. The first-order chi connectivity index (χ1) is 28.1. The van der Waals surface area contributed by atoms with Gasteiger partial charge in [-0.3, -0.25) is 30.0 Å². The number of rotatable bonds is 23. The van der Waals surface area contributed by atoms with Crippen LogP contribution in [0.2, 0.25) is 0 Å². The number of nitrogens with one attached hydrogen (secondary N) is 5. The summed E-state index contributed by atoms with van der Waals surface area (Å²) in [5.41, 5.74) is 14.7. The number of nitrogens with two attached hydrogens (primary N) is 1. The Morgan fingerprint density at radius 3 is 2.03 bits per heavy atom. The van der Waals surface area contributed by atoms with Gasteiger partial charge in [-0.1, -0.05) is 92.2 Å². The summed E-state index contributed by atoms with van der Waals surface area (Å²) in [5, 5.41) is 7.47. The van der Waals surface area contributed by atoms with Crippen molar-refractivity contribution in [2.24, 2.45) is 5.73 Å². The predicted octanol–water partition coefficient (Wildman–Crippen LogP) is 2.57. The molecule has 1 aliphatic rings. The van der Waals surface area contributed by atoms with Crippen molar-refractivity contribution in [2.75, 3.05) is 46.2 Å². The second-order valence-electron chi connectivity index (χ2n) is 13.3. The molecule has 3 aromatic carbocycles. The van der Waals surface area contributed by atoms with Crippen molar-refractivity contribution >= 4 is 35.8 Å². The van der Waals surface area contributed by atoms with E-state index in [1.54, 1.807) is 6.92 Å². The lowest BCUT2D eigenvalue weighted by Gasteiger charge is -2.25. The van der Waals surface area contributed by atoms with Crippen LogP contribution in [-0.2, 0) is 49.5 Å². The van der Waals surface area contributed by atoms with Crippen LogP contribution in [0.25, 0.3) is 11.1 Å². The third-order valence-electron chi connectivity index (χ3n) is 8.95. The molecule has 6 amide bonds. The molecule has 0 fully saturated rings. The number of alkyl carbamates (subject to hydrolysis) is 2. The zero-order valence-corrected chi connectivity index (χ0v) is 32.7. The van der Waals surface area contributed by atoms with Gasteiger partial charge in [-0.05, 0) is 41.2 Å². The molecule has 3 atom stereocenters. The molecule has 1 aliphatic carbocycles. The molecule has 17 nitrogen and oxygen atoms in total. The van der Waals surface area contributed by atoms with Gasteiger partial charge in [-0.15, -0.1) is 0 Å². The maximum Gasteiger partial charge on any atom is 0.407 e. The van der Waals surface area contributed by atoms with E-state index in [-0.39, 0.29) is 45.5 Å². The number of carbonyl (C=O) groups excluding carboxylic acids is 6. The highest BCUT2D eigenvalue weighted by atomic mass is 16.6. The number of fused-ring (bicyclic) bond motifs is 3. The van der Waals surface area contributed by atoms with Crippen LogP contribution < -0.4 is 32.5 Å². The fourth-order valence-corrected chi connectivity index (χ4v) is 5.99. The largest absolute Gasteiger partial charge is 0.449 e.